The van der Waals surface area contributed by atoms with Gasteiger partial charge in [0.05, 0.1) is 20.3 Å². The van der Waals surface area contributed by atoms with E-state index in [9.17, 15) is 4.79 Å². The van der Waals surface area contributed by atoms with Crippen LogP contribution in [0.3, 0.4) is 0 Å². The number of carbonyl (C=O) groups excluding carboxylic acids is 1. The Kier molecular flexibility index (Phi) is 7.28. The minimum Gasteiger partial charge on any atom is -0.497 e. The van der Waals surface area contributed by atoms with Crippen LogP contribution in [0.25, 0.3) is 0 Å². The van der Waals surface area contributed by atoms with Gasteiger partial charge in [0, 0.05) is 6.42 Å². The van der Waals surface area contributed by atoms with E-state index < -0.39 is 0 Å². The van der Waals surface area contributed by atoms with Crippen molar-refractivity contribution in [3.63, 3.8) is 0 Å². The summed E-state index contributed by atoms with van der Waals surface area (Å²) in [5, 5.41) is 3.13. The van der Waals surface area contributed by atoms with E-state index in [2.05, 4.69) is 38.2 Å². The minimum atomic E-state index is -0.0447. The highest BCUT2D eigenvalue weighted by Crippen LogP contribution is 2.32. The second kappa shape index (κ2) is 9.45. The van der Waals surface area contributed by atoms with Crippen LogP contribution in [-0.2, 0) is 11.2 Å². The van der Waals surface area contributed by atoms with E-state index in [0.29, 0.717) is 18.8 Å². The van der Waals surface area contributed by atoms with Gasteiger partial charge < -0.3 is 14.8 Å². The van der Waals surface area contributed by atoms with Gasteiger partial charge >= 0.3 is 0 Å². The third-order valence-corrected chi connectivity index (χ3v) is 4.88. The molecule has 4 heteroatoms. The SMILES string of the molecule is COc1ccc(CCC(=O)N[C@H](C)c2cc(C(C)C)c(OC)cc2C)cc1. The summed E-state index contributed by atoms with van der Waals surface area (Å²) in [7, 11) is 3.35. The van der Waals surface area contributed by atoms with Crippen LogP contribution in [0.15, 0.2) is 36.4 Å². The van der Waals surface area contributed by atoms with Crippen LogP contribution >= 0.6 is 0 Å². The molecule has 0 spiro atoms. The lowest BCUT2D eigenvalue weighted by molar-refractivity contribution is -0.121. The molecule has 0 aliphatic heterocycles. The molecule has 1 N–H and O–H groups in total. The molecule has 0 aliphatic carbocycles. The van der Waals surface area contributed by atoms with Crippen LogP contribution in [0.1, 0.15) is 61.4 Å². The zero-order chi connectivity index (χ0) is 20.0. The lowest BCUT2D eigenvalue weighted by Gasteiger charge is -2.21. The molecule has 0 heterocycles. The molecule has 0 aliphatic rings. The second-order valence-corrected chi connectivity index (χ2v) is 7.24. The van der Waals surface area contributed by atoms with E-state index in [4.69, 9.17) is 9.47 Å². The Morgan fingerprint density at radius 2 is 1.67 bits per heavy atom. The third-order valence-electron chi connectivity index (χ3n) is 4.88. The summed E-state index contributed by atoms with van der Waals surface area (Å²) in [6.07, 6.45) is 1.17. The van der Waals surface area contributed by atoms with Crippen molar-refractivity contribution in [3.05, 3.63) is 58.7 Å². The van der Waals surface area contributed by atoms with Gasteiger partial charge in [-0.2, -0.15) is 0 Å². The number of aryl methyl sites for hydroxylation is 2. The van der Waals surface area contributed by atoms with Gasteiger partial charge in [-0.05, 0) is 72.7 Å². The van der Waals surface area contributed by atoms with Crippen LogP contribution in [0.2, 0.25) is 0 Å². The topological polar surface area (TPSA) is 47.6 Å². The third kappa shape index (κ3) is 5.49. The van der Waals surface area contributed by atoms with E-state index in [1.165, 1.54) is 0 Å². The largest absolute Gasteiger partial charge is 0.497 e. The first-order valence-corrected chi connectivity index (χ1v) is 9.46. The van der Waals surface area contributed by atoms with Crippen molar-refractivity contribution in [1.29, 1.82) is 0 Å². The van der Waals surface area contributed by atoms with E-state index in [-0.39, 0.29) is 11.9 Å². The highest BCUT2D eigenvalue weighted by molar-refractivity contribution is 5.76. The van der Waals surface area contributed by atoms with Crippen LogP contribution < -0.4 is 14.8 Å². The second-order valence-electron chi connectivity index (χ2n) is 7.24. The van der Waals surface area contributed by atoms with Crippen LogP contribution in [0, 0.1) is 6.92 Å². The summed E-state index contributed by atoms with van der Waals surface area (Å²) in [5.74, 6) is 2.15. The Hall–Kier alpha value is -2.49. The fourth-order valence-electron chi connectivity index (χ4n) is 3.25. The lowest BCUT2D eigenvalue weighted by Crippen LogP contribution is -2.27. The Bertz CT molecular complexity index is 766. The van der Waals surface area contributed by atoms with Gasteiger partial charge in [-0.1, -0.05) is 26.0 Å². The Labute approximate surface area is 162 Å². The molecule has 27 heavy (non-hydrogen) atoms. The number of benzene rings is 2. The Morgan fingerprint density at radius 1 is 1.00 bits per heavy atom. The maximum absolute atomic E-state index is 12.4. The molecule has 0 saturated carbocycles. The minimum absolute atomic E-state index is 0.0447. The molecule has 4 nitrogen and oxygen atoms in total. The van der Waals surface area contributed by atoms with Gasteiger partial charge in [-0.25, -0.2) is 0 Å². The number of rotatable bonds is 8. The average molecular weight is 370 g/mol. The first-order chi connectivity index (χ1) is 12.8. The van der Waals surface area contributed by atoms with Gasteiger partial charge in [0.25, 0.3) is 0 Å². The molecule has 0 bridgehead atoms. The van der Waals surface area contributed by atoms with Gasteiger partial charge in [0.15, 0.2) is 0 Å². The van der Waals surface area contributed by atoms with Crippen molar-refractivity contribution >= 4 is 5.91 Å². The number of carbonyl (C=O) groups is 1. The van der Waals surface area contributed by atoms with Crippen molar-refractivity contribution in [2.75, 3.05) is 14.2 Å². The van der Waals surface area contributed by atoms with Crippen molar-refractivity contribution in [2.45, 2.75) is 52.5 Å². The van der Waals surface area contributed by atoms with Crippen LogP contribution in [0.4, 0.5) is 0 Å². The molecule has 1 amide bonds. The van der Waals surface area contributed by atoms with E-state index in [0.717, 1.165) is 33.8 Å². The summed E-state index contributed by atoms with van der Waals surface area (Å²) in [6, 6.07) is 12.0. The van der Waals surface area contributed by atoms with Gasteiger partial charge in [0.1, 0.15) is 11.5 Å². The molecule has 2 aromatic rings. The fourth-order valence-corrected chi connectivity index (χ4v) is 3.25. The molecule has 2 aromatic carbocycles. The summed E-state index contributed by atoms with van der Waals surface area (Å²) < 4.78 is 10.7. The van der Waals surface area contributed by atoms with Crippen LogP contribution in [0.5, 0.6) is 11.5 Å². The zero-order valence-corrected chi connectivity index (χ0v) is 17.3. The summed E-state index contributed by atoms with van der Waals surface area (Å²) in [6.45, 7) is 8.39. The van der Waals surface area contributed by atoms with E-state index in [1.807, 2.05) is 31.2 Å². The fraction of sp³-hybridized carbons (Fsp3) is 0.435. The molecule has 146 valence electrons. The maximum atomic E-state index is 12.4. The average Bonchev–Trinajstić information content (AvgIpc) is 2.66. The zero-order valence-electron chi connectivity index (χ0n) is 17.3. The maximum Gasteiger partial charge on any atom is 0.220 e. The van der Waals surface area contributed by atoms with Crippen molar-refractivity contribution in [2.24, 2.45) is 0 Å². The highest BCUT2D eigenvalue weighted by atomic mass is 16.5. The summed E-state index contributed by atoms with van der Waals surface area (Å²) in [4.78, 5) is 12.4. The van der Waals surface area contributed by atoms with Gasteiger partial charge in [0.2, 0.25) is 5.91 Å². The molecule has 1 atom stereocenters. The number of methoxy groups -OCH3 is 2. The first-order valence-electron chi connectivity index (χ1n) is 9.46. The predicted molar refractivity (Wildman–Crippen MR) is 110 cm³/mol. The predicted octanol–water partition coefficient (Wildman–Crippen LogP) is 4.95. The van der Waals surface area contributed by atoms with E-state index in [1.54, 1.807) is 14.2 Å². The van der Waals surface area contributed by atoms with Gasteiger partial charge in [-0.3, -0.25) is 4.79 Å². The standard InChI is InChI=1S/C23H31NO3/c1-15(2)20-14-21(16(3)13-22(20)27-6)17(4)24-23(25)12-9-18-7-10-19(26-5)11-8-18/h7-8,10-11,13-15,17H,9,12H2,1-6H3,(H,24,25)/t17-/m1/s1. The van der Waals surface area contributed by atoms with E-state index >= 15 is 0 Å². The summed E-state index contributed by atoms with van der Waals surface area (Å²) in [5.41, 5.74) is 4.55. The quantitative estimate of drug-likeness (QED) is 0.716. The molecule has 0 saturated heterocycles. The first kappa shape index (κ1) is 20.8. The molecule has 2 rings (SSSR count). The monoisotopic (exact) mass is 369 g/mol. The number of hydrogen-bond acceptors (Lipinski definition) is 3. The normalized spacial score (nSPS) is 12.0. The number of amides is 1. The Balaban J connectivity index is 2.01. The highest BCUT2D eigenvalue weighted by Gasteiger charge is 2.16. The van der Waals surface area contributed by atoms with Crippen LogP contribution in [-0.4, -0.2) is 20.1 Å². The molecule has 0 radical (unpaired) electrons. The van der Waals surface area contributed by atoms with Gasteiger partial charge in [-0.15, -0.1) is 0 Å². The molecule has 0 fully saturated rings. The number of hydrogen-bond donors (Lipinski definition) is 1. The summed E-state index contributed by atoms with van der Waals surface area (Å²) >= 11 is 0. The lowest BCUT2D eigenvalue weighted by atomic mass is 9.93. The number of nitrogens with one attached hydrogen (secondary N) is 1. The Morgan fingerprint density at radius 3 is 2.22 bits per heavy atom. The molecular formula is C23H31NO3. The number of ether oxygens (including phenoxy) is 2. The smallest absolute Gasteiger partial charge is 0.220 e. The van der Waals surface area contributed by atoms with Crippen molar-refractivity contribution < 1.29 is 14.3 Å². The molecule has 0 unspecified atom stereocenters. The van der Waals surface area contributed by atoms with Crippen molar-refractivity contribution in [3.8, 4) is 11.5 Å². The molecular weight excluding hydrogens is 338 g/mol. The molecule has 0 aromatic heterocycles. The van der Waals surface area contributed by atoms with Crippen molar-refractivity contribution in [1.82, 2.24) is 5.32 Å².